The molecule has 0 aliphatic carbocycles. The molecule has 0 radical (unpaired) electrons. The van der Waals surface area contributed by atoms with Crippen molar-refractivity contribution in [3.05, 3.63) is 64.8 Å². The van der Waals surface area contributed by atoms with Crippen molar-refractivity contribution in [2.75, 3.05) is 5.32 Å². The number of carbonyl (C=O) groups is 1. The van der Waals surface area contributed by atoms with Crippen LogP contribution >= 0.6 is 11.6 Å². The molecule has 2 aromatic heterocycles. The quantitative estimate of drug-likeness (QED) is 0.665. The lowest BCUT2D eigenvalue weighted by Gasteiger charge is -2.04. The van der Waals surface area contributed by atoms with E-state index in [0.717, 1.165) is 22.5 Å². The molecular weight excluding hydrogens is 390 g/mol. The van der Waals surface area contributed by atoms with Crippen LogP contribution in [0.3, 0.4) is 0 Å². The van der Waals surface area contributed by atoms with Gasteiger partial charge in [-0.3, -0.25) is 14.2 Å². The van der Waals surface area contributed by atoms with Gasteiger partial charge < -0.3 is 5.32 Å². The molecular formula is C16H12ClF4N5O. The van der Waals surface area contributed by atoms with Crippen molar-refractivity contribution in [2.24, 2.45) is 0 Å². The third-order valence-corrected chi connectivity index (χ3v) is 3.75. The van der Waals surface area contributed by atoms with E-state index in [-0.39, 0.29) is 16.7 Å². The van der Waals surface area contributed by atoms with Gasteiger partial charge in [0.15, 0.2) is 11.5 Å². The molecule has 1 N–H and O–H groups in total. The summed E-state index contributed by atoms with van der Waals surface area (Å²) in [6.45, 7) is -0.138. The highest BCUT2D eigenvalue weighted by molar-refractivity contribution is 6.33. The first-order valence-electron chi connectivity index (χ1n) is 7.58. The molecule has 11 heteroatoms. The zero-order valence-corrected chi connectivity index (χ0v) is 14.3. The second-order valence-electron chi connectivity index (χ2n) is 5.59. The van der Waals surface area contributed by atoms with Crippen molar-refractivity contribution in [3.8, 4) is 0 Å². The SMILES string of the molecule is O=C(Cn1ccc(C(F)(F)F)n1)Nc1nn(Cc2ccc(F)cc2)cc1Cl. The third kappa shape index (κ3) is 4.85. The van der Waals surface area contributed by atoms with Gasteiger partial charge in [-0.25, -0.2) is 4.39 Å². The maximum atomic E-state index is 12.9. The van der Waals surface area contributed by atoms with Gasteiger partial charge in [-0.05, 0) is 23.8 Å². The van der Waals surface area contributed by atoms with Crippen LogP contribution in [-0.4, -0.2) is 25.5 Å². The Hall–Kier alpha value is -2.88. The van der Waals surface area contributed by atoms with Crippen LogP contribution in [0.4, 0.5) is 23.4 Å². The number of carbonyl (C=O) groups excluding carboxylic acids is 1. The lowest BCUT2D eigenvalue weighted by atomic mass is 10.2. The van der Waals surface area contributed by atoms with Gasteiger partial charge in [0.25, 0.3) is 0 Å². The summed E-state index contributed by atoms with van der Waals surface area (Å²) < 4.78 is 52.8. The first-order valence-corrected chi connectivity index (χ1v) is 7.96. The highest BCUT2D eigenvalue weighted by Gasteiger charge is 2.33. The molecule has 27 heavy (non-hydrogen) atoms. The summed E-state index contributed by atoms with van der Waals surface area (Å²) in [7, 11) is 0. The Balaban J connectivity index is 1.63. The number of nitrogens with one attached hydrogen (secondary N) is 1. The minimum absolute atomic E-state index is 0.0620. The van der Waals surface area contributed by atoms with Crippen LogP contribution in [-0.2, 0) is 24.1 Å². The average Bonchev–Trinajstić information content (AvgIpc) is 3.17. The Morgan fingerprint density at radius 2 is 1.81 bits per heavy atom. The van der Waals surface area contributed by atoms with Crippen LogP contribution in [0.25, 0.3) is 0 Å². The predicted molar refractivity (Wildman–Crippen MR) is 88.6 cm³/mol. The number of alkyl halides is 3. The van der Waals surface area contributed by atoms with Gasteiger partial charge in [0.05, 0.1) is 6.54 Å². The van der Waals surface area contributed by atoms with Gasteiger partial charge in [0.2, 0.25) is 5.91 Å². The van der Waals surface area contributed by atoms with Gasteiger partial charge in [-0.15, -0.1) is 0 Å². The standard InChI is InChI=1S/C16H12ClF4N5O/c17-12-8-26(7-10-1-3-11(18)4-2-10)24-15(12)22-14(27)9-25-6-5-13(23-25)16(19,20)21/h1-6,8H,7,9H2,(H,22,24,27). The van der Waals surface area contributed by atoms with Gasteiger partial charge in [-0.1, -0.05) is 23.7 Å². The smallest absolute Gasteiger partial charge is 0.306 e. The molecule has 1 aromatic carbocycles. The topological polar surface area (TPSA) is 64.7 Å². The van der Waals surface area contributed by atoms with E-state index in [1.54, 1.807) is 12.1 Å². The lowest BCUT2D eigenvalue weighted by Crippen LogP contribution is -2.20. The van der Waals surface area contributed by atoms with Crippen molar-refractivity contribution in [3.63, 3.8) is 0 Å². The minimum Gasteiger partial charge on any atom is -0.306 e. The molecule has 0 spiro atoms. The van der Waals surface area contributed by atoms with E-state index in [2.05, 4.69) is 15.5 Å². The predicted octanol–water partition coefficient (Wildman–Crippen LogP) is 3.58. The Kier molecular flexibility index (Phi) is 5.17. The summed E-state index contributed by atoms with van der Waals surface area (Å²) in [4.78, 5) is 12.0. The van der Waals surface area contributed by atoms with E-state index in [1.807, 2.05) is 0 Å². The number of benzene rings is 1. The summed E-state index contributed by atoms with van der Waals surface area (Å²) in [5.74, 6) is -0.940. The molecule has 2 heterocycles. The molecule has 3 rings (SSSR count). The van der Waals surface area contributed by atoms with E-state index < -0.39 is 24.3 Å². The molecule has 0 saturated carbocycles. The van der Waals surface area contributed by atoms with Gasteiger partial charge in [0, 0.05) is 12.4 Å². The second kappa shape index (κ2) is 7.39. The molecule has 0 aliphatic rings. The summed E-state index contributed by atoms with van der Waals surface area (Å²) in [5.41, 5.74) is -0.318. The van der Waals surface area contributed by atoms with Crippen LogP contribution in [0.5, 0.6) is 0 Å². The number of halogens is 5. The van der Waals surface area contributed by atoms with E-state index in [9.17, 15) is 22.4 Å². The van der Waals surface area contributed by atoms with E-state index in [1.165, 1.54) is 23.0 Å². The molecule has 1 amide bonds. The highest BCUT2D eigenvalue weighted by atomic mass is 35.5. The fourth-order valence-corrected chi connectivity index (χ4v) is 2.46. The highest BCUT2D eigenvalue weighted by Crippen LogP contribution is 2.27. The molecule has 0 unspecified atom stereocenters. The maximum absolute atomic E-state index is 12.9. The van der Waals surface area contributed by atoms with Gasteiger partial charge >= 0.3 is 6.18 Å². The fourth-order valence-electron chi connectivity index (χ4n) is 2.26. The Bertz CT molecular complexity index is 949. The van der Waals surface area contributed by atoms with Crippen LogP contribution in [0, 0.1) is 5.82 Å². The fraction of sp³-hybridized carbons (Fsp3) is 0.188. The van der Waals surface area contributed by atoms with E-state index in [0.29, 0.717) is 6.54 Å². The minimum atomic E-state index is -4.58. The van der Waals surface area contributed by atoms with Gasteiger partial charge in [-0.2, -0.15) is 23.4 Å². The molecule has 0 fully saturated rings. The molecule has 0 aliphatic heterocycles. The van der Waals surface area contributed by atoms with Crippen molar-refractivity contribution in [1.82, 2.24) is 19.6 Å². The number of hydrogen-bond acceptors (Lipinski definition) is 3. The summed E-state index contributed by atoms with van der Waals surface area (Å²) in [6, 6.07) is 6.56. The molecule has 6 nitrogen and oxygen atoms in total. The average molecular weight is 402 g/mol. The number of anilines is 1. The normalized spacial score (nSPS) is 11.6. The molecule has 0 saturated heterocycles. The Morgan fingerprint density at radius 1 is 1.11 bits per heavy atom. The lowest BCUT2D eigenvalue weighted by molar-refractivity contribution is -0.141. The van der Waals surface area contributed by atoms with Crippen molar-refractivity contribution < 1.29 is 22.4 Å². The number of amides is 1. The molecule has 3 aromatic rings. The second-order valence-corrected chi connectivity index (χ2v) is 6.00. The Labute approximate surface area is 155 Å². The Morgan fingerprint density at radius 3 is 2.44 bits per heavy atom. The summed E-state index contributed by atoms with van der Waals surface area (Å²) >= 11 is 6.02. The van der Waals surface area contributed by atoms with E-state index >= 15 is 0 Å². The molecule has 0 atom stereocenters. The van der Waals surface area contributed by atoms with Crippen molar-refractivity contribution >= 4 is 23.3 Å². The van der Waals surface area contributed by atoms with Gasteiger partial charge in [0.1, 0.15) is 17.4 Å². The van der Waals surface area contributed by atoms with Crippen LogP contribution in [0.1, 0.15) is 11.3 Å². The van der Waals surface area contributed by atoms with Crippen LogP contribution in [0.15, 0.2) is 42.7 Å². The van der Waals surface area contributed by atoms with Crippen LogP contribution in [0.2, 0.25) is 5.02 Å². The first kappa shape index (κ1) is 18.9. The zero-order chi connectivity index (χ0) is 19.6. The van der Waals surface area contributed by atoms with Crippen LogP contribution < -0.4 is 5.32 Å². The maximum Gasteiger partial charge on any atom is 0.435 e. The van der Waals surface area contributed by atoms with E-state index in [4.69, 9.17) is 11.6 Å². The largest absolute Gasteiger partial charge is 0.435 e. The zero-order valence-electron chi connectivity index (χ0n) is 13.5. The number of aromatic nitrogens is 4. The molecule has 142 valence electrons. The van der Waals surface area contributed by atoms with Crippen molar-refractivity contribution in [1.29, 1.82) is 0 Å². The summed E-state index contributed by atoms with van der Waals surface area (Å²) in [5, 5.41) is 9.97. The third-order valence-electron chi connectivity index (χ3n) is 3.47. The first-order chi connectivity index (χ1) is 12.7. The number of hydrogen-bond donors (Lipinski definition) is 1. The van der Waals surface area contributed by atoms with Crippen molar-refractivity contribution in [2.45, 2.75) is 19.3 Å². The molecule has 0 bridgehead atoms. The number of nitrogens with zero attached hydrogens (tertiary/aromatic N) is 4. The monoisotopic (exact) mass is 401 g/mol. The number of rotatable bonds is 5. The summed E-state index contributed by atoms with van der Waals surface area (Å²) in [6.07, 6.45) is -2.06.